The van der Waals surface area contributed by atoms with Crippen LogP contribution in [0, 0.1) is 5.82 Å². The second-order valence-corrected chi connectivity index (χ2v) is 4.96. The third-order valence-corrected chi connectivity index (χ3v) is 3.65. The third-order valence-electron chi connectivity index (χ3n) is 3.65. The highest BCUT2D eigenvalue weighted by Gasteiger charge is 2.13. The molecular weight excluding hydrogens is 283 g/mol. The molecule has 0 N–H and O–H groups in total. The van der Waals surface area contributed by atoms with Gasteiger partial charge in [0, 0.05) is 17.7 Å². The molecule has 0 bridgehead atoms. The van der Waals surface area contributed by atoms with E-state index in [4.69, 9.17) is 14.2 Å². The van der Waals surface area contributed by atoms with Crippen molar-refractivity contribution in [3.8, 4) is 17.2 Å². The van der Waals surface area contributed by atoms with Gasteiger partial charge in [-0.05, 0) is 30.9 Å². The summed E-state index contributed by atoms with van der Waals surface area (Å²) in [7, 11) is 4.84. The highest BCUT2D eigenvalue weighted by atomic mass is 19.1. The zero-order valence-electron chi connectivity index (χ0n) is 13.2. The summed E-state index contributed by atoms with van der Waals surface area (Å²) in [6.07, 6.45) is 2.22. The average molecular weight is 304 g/mol. The topological polar surface area (TPSA) is 27.7 Å². The van der Waals surface area contributed by atoms with Crippen LogP contribution in [0.4, 0.5) is 4.39 Å². The number of halogens is 1. The van der Waals surface area contributed by atoms with E-state index in [9.17, 15) is 4.39 Å². The van der Waals surface area contributed by atoms with E-state index in [2.05, 4.69) is 0 Å². The second-order valence-electron chi connectivity index (χ2n) is 4.96. The van der Waals surface area contributed by atoms with Crippen LogP contribution in [0.5, 0.6) is 17.2 Å². The molecule has 2 rings (SSSR count). The predicted octanol–water partition coefficient (Wildman–Crippen LogP) is 4.03. The SMILES string of the molecule is COc1cc(OC)c(CCCc2ccccc2F)c(OC)c1. The molecule has 3 nitrogen and oxygen atoms in total. The van der Waals surface area contributed by atoms with Crippen LogP contribution in [0.1, 0.15) is 17.5 Å². The Kier molecular flexibility index (Phi) is 5.64. The summed E-state index contributed by atoms with van der Waals surface area (Å²) in [6, 6.07) is 10.5. The predicted molar refractivity (Wildman–Crippen MR) is 84.5 cm³/mol. The first kappa shape index (κ1) is 16.1. The molecule has 0 aromatic heterocycles. The molecule has 118 valence electrons. The van der Waals surface area contributed by atoms with Gasteiger partial charge in [-0.2, -0.15) is 0 Å². The highest BCUT2D eigenvalue weighted by molar-refractivity contribution is 5.50. The summed E-state index contributed by atoms with van der Waals surface area (Å²) in [4.78, 5) is 0. The average Bonchev–Trinajstić information content (AvgIpc) is 2.56. The molecule has 0 saturated carbocycles. The van der Waals surface area contributed by atoms with Crippen LogP contribution in [0.25, 0.3) is 0 Å². The number of methoxy groups -OCH3 is 3. The minimum atomic E-state index is -0.156. The standard InChI is InChI=1S/C18H21FO3/c1-20-14-11-17(21-2)15(18(12-14)22-3)9-6-8-13-7-4-5-10-16(13)19/h4-5,7,10-12H,6,8-9H2,1-3H3. The van der Waals surface area contributed by atoms with Crippen molar-refractivity contribution in [1.29, 1.82) is 0 Å². The zero-order chi connectivity index (χ0) is 15.9. The highest BCUT2D eigenvalue weighted by Crippen LogP contribution is 2.35. The number of aryl methyl sites for hydroxylation is 1. The Morgan fingerprint density at radius 2 is 1.50 bits per heavy atom. The van der Waals surface area contributed by atoms with Crippen LogP contribution in [-0.2, 0) is 12.8 Å². The van der Waals surface area contributed by atoms with Crippen molar-refractivity contribution >= 4 is 0 Å². The molecule has 0 heterocycles. The fourth-order valence-electron chi connectivity index (χ4n) is 2.48. The van der Waals surface area contributed by atoms with E-state index >= 15 is 0 Å². The van der Waals surface area contributed by atoms with Gasteiger partial charge in [0.15, 0.2) is 0 Å². The lowest BCUT2D eigenvalue weighted by molar-refractivity contribution is 0.368. The van der Waals surface area contributed by atoms with E-state index in [1.54, 1.807) is 27.4 Å². The summed E-state index contributed by atoms with van der Waals surface area (Å²) in [6.45, 7) is 0. The Bertz CT molecular complexity index is 600. The normalized spacial score (nSPS) is 10.4. The van der Waals surface area contributed by atoms with E-state index in [0.29, 0.717) is 12.2 Å². The molecule has 0 unspecified atom stereocenters. The fourth-order valence-corrected chi connectivity index (χ4v) is 2.48. The quantitative estimate of drug-likeness (QED) is 0.773. The lowest BCUT2D eigenvalue weighted by atomic mass is 10.0. The van der Waals surface area contributed by atoms with E-state index in [1.807, 2.05) is 24.3 Å². The molecule has 0 atom stereocenters. The first-order chi connectivity index (χ1) is 10.7. The van der Waals surface area contributed by atoms with Gasteiger partial charge >= 0.3 is 0 Å². The van der Waals surface area contributed by atoms with Gasteiger partial charge in [0.2, 0.25) is 0 Å². The summed E-state index contributed by atoms with van der Waals surface area (Å²) in [5, 5.41) is 0. The first-order valence-electron chi connectivity index (χ1n) is 7.22. The van der Waals surface area contributed by atoms with Crippen molar-refractivity contribution in [3.63, 3.8) is 0 Å². The third kappa shape index (κ3) is 3.70. The van der Waals surface area contributed by atoms with Gasteiger partial charge in [0.05, 0.1) is 21.3 Å². The monoisotopic (exact) mass is 304 g/mol. The second kappa shape index (κ2) is 7.69. The van der Waals surface area contributed by atoms with Crippen LogP contribution in [0.2, 0.25) is 0 Å². The maximum absolute atomic E-state index is 13.6. The number of ether oxygens (including phenoxy) is 3. The van der Waals surface area contributed by atoms with Gasteiger partial charge in [-0.1, -0.05) is 18.2 Å². The van der Waals surface area contributed by atoms with Crippen LogP contribution in [-0.4, -0.2) is 21.3 Å². The largest absolute Gasteiger partial charge is 0.496 e. The van der Waals surface area contributed by atoms with Gasteiger partial charge < -0.3 is 14.2 Å². The molecule has 0 radical (unpaired) electrons. The fraction of sp³-hybridized carbons (Fsp3) is 0.333. The van der Waals surface area contributed by atoms with E-state index in [1.165, 1.54) is 6.07 Å². The van der Waals surface area contributed by atoms with Crippen molar-refractivity contribution in [1.82, 2.24) is 0 Å². The molecule has 0 aliphatic rings. The summed E-state index contributed by atoms with van der Waals surface area (Å²) in [5.41, 5.74) is 1.70. The Balaban J connectivity index is 2.13. The van der Waals surface area contributed by atoms with Crippen LogP contribution in [0.3, 0.4) is 0 Å². The molecule has 2 aromatic carbocycles. The molecule has 0 aliphatic carbocycles. The van der Waals surface area contributed by atoms with Gasteiger partial charge in [-0.25, -0.2) is 4.39 Å². The van der Waals surface area contributed by atoms with E-state index in [-0.39, 0.29) is 5.82 Å². The molecular formula is C18H21FO3. The van der Waals surface area contributed by atoms with Gasteiger partial charge in [-0.15, -0.1) is 0 Å². The maximum atomic E-state index is 13.6. The molecule has 0 aliphatic heterocycles. The molecule has 0 saturated heterocycles. The van der Waals surface area contributed by atoms with Crippen LogP contribution >= 0.6 is 0 Å². The molecule has 4 heteroatoms. The Morgan fingerprint density at radius 3 is 2.05 bits per heavy atom. The summed E-state index contributed by atoms with van der Waals surface area (Å²) >= 11 is 0. The first-order valence-corrected chi connectivity index (χ1v) is 7.22. The van der Waals surface area contributed by atoms with E-state index < -0.39 is 0 Å². The van der Waals surface area contributed by atoms with Gasteiger partial charge in [0.1, 0.15) is 23.1 Å². The van der Waals surface area contributed by atoms with Crippen molar-refractivity contribution in [2.75, 3.05) is 21.3 Å². The minimum absolute atomic E-state index is 0.156. The Morgan fingerprint density at radius 1 is 0.864 bits per heavy atom. The lowest BCUT2D eigenvalue weighted by Crippen LogP contribution is -2.00. The van der Waals surface area contributed by atoms with Crippen molar-refractivity contribution in [2.24, 2.45) is 0 Å². The van der Waals surface area contributed by atoms with Crippen LogP contribution < -0.4 is 14.2 Å². The minimum Gasteiger partial charge on any atom is -0.496 e. The molecule has 2 aromatic rings. The van der Waals surface area contributed by atoms with Crippen LogP contribution in [0.15, 0.2) is 36.4 Å². The molecule has 0 spiro atoms. The Hall–Kier alpha value is -2.23. The van der Waals surface area contributed by atoms with Gasteiger partial charge in [-0.3, -0.25) is 0 Å². The Labute approximate surface area is 130 Å². The molecule has 0 fully saturated rings. The van der Waals surface area contributed by atoms with E-state index in [0.717, 1.165) is 35.5 Å². The number of benzene rings is 2. The van der Waals surface area contributed by atoms with Gasteiger partial charge in [0.25, 0.3) is 0 Å². The number of rotatable bonds is 7. The maximum Gasteiger partial charge on any atom is 0.129 e. The zero-order valence-corrected chi connectivity index (χ0v) is 13.2. The summed E-state index contributed by atoms with van der Waals surface area (Å²) < 4.78 is 29.7. The van der Waals surface area contributed by atoms with Crippen molar-refractivity contribution in [2.45, 2.75) is 19.3 Å². The van der Waals surface area contributed by atoms with Crippen molar-refractivity contribution in [3.05, 3.63) is 53.3 Å². The molecule has 22 heavy (non-hydrogen) atoms. The lowest BCUT2D eigenvalue weighted by Gasteiger charge is -2.15. The summed E-state index contributed by atoms with van der Waals surface area (Å²) in [5.74, 6) is 1.98. The number of hydrogen-bond acceptors (Lipinski definition) is 3. The smallest absolute Gasteiger partial charge is 0.129 e. The molecule has 0 amide bonds. The van der Waals surface area contributed by atoms with Crippen molar-refractivity contribution < 1.29 is 18.6 Å². The number of hydrogen-bond donors (Lipinski definition) is 0.